The van der Waals surface area contributed by atoms with E-state index in [4.69, 9.17) is 11.5 Å². The Morgan fingerprint density at radius 3 is 1.77 bits per heavy atom. The SMILES string of the molecule is CCCCCn1c2ccc(-c3csc(N)n3)cc2c2cc(-c3csc(N)n3)ccc21. The number of aryl methyl sites for hydroxylation is 1. The molecule has 30 heavy (non-hydrogen) atoms. The van der Waals surface area contributed by atoms with Crippen LogP contribution in [-0.4, -0.2) is 14.5 Å². The maximum atomic E-state index is 5.86. The van der Waals surface area contributed by atoms with Crippen LogP contribution in [0.3, 0.4) is 0 Å². The highest BCUT2D eigenvalue weighted by Crippen LogP contribution is 2.36. The Bertz CT molecular complexity index is 1250. The molecule has 0 radical (unpaired) electrons. The number of aromatic nitrogens is 3. The molecule has 0 aliphatic carbocycles. The Morgan fingerprint density at radius 2 is 1.33 bits per heavy atom. The van der Waals surface area contributed by atoms with Crippen LogP contribution in [0, 0.1) is 0 Å². The van der Waals surface area contributed by atoms with E-state index in [0.717, 1.165) is 29.1 Å². The number of anilines is 2. The summed E-state index contributed by atoms with van der Waals surface area (Å²) in [5.74, 6) is 0. The molecule has 0 bridgehead atoms. The van der Waals surface area contributed by atoms with E-state index in [1.165, 1.54) is 63.7 Å². The summed E-state index contributed by atoms with van der Waals surface area (Å²) >= 11 is 2.94. The summed E-state index contributed by atoms with van der Waals surface area (Å²) in [6, 6.07) is 13.2. The van der Waals surface area contributed by atoms with Gasteiger partial charge in [0.25, 0.3) is 0 Å². The Hall–Kier alpha value is -2.90. The van der Waals surface area contributed by atoms with Crippen molar-refractivity contribution in [1.29, 1.82) is 0 Å². The van der Waals surface area contributed by atoms with Gasteiger partial charge in [-0.2, -0.15) is 0 Å². The largest absolute Gasteiger partial charge is 0.375 e. The number of nitrogens with zero attached hydrogens (tertiary/aromatic N) is 3. The average Bonchev–Trinajstić information content (AvgIpc) is 3.46. The summed E-state index contributed by atoms with van der Waals surface area (Å²) in [5.41, 5.74) is 18.3. The lowest BCUT2D eigenvalue weighted by atomic mass is 10.1. The molecule has 0 atom stereocenters. The first-order chi connectivity index (χ1) is 14.6. The summed E-state index contributed by atoms with van der Waals surface area (Å²) in [6.45, 7) is 3.25. The Labute approximate surface area is 183 Å². The minimum Gasteiger partial charge on any atom is -0.375 e. The van der Waals surface area contributed by atoms with Crippen LogP contribution >= 0.6 is 22.7 Å². The van der Waals surface area contributed by atoms with Crippen LogP contribution in [0.2, 0.25) is 0 Å². The predicted octanol–water partition coefficient (Wildman–Crippen LogP) is 6.40. The molecule has 7 heteroatoms. The zero-order chi connectivity index (χ0) is 20.7. The minimum atomic E-state index is 0.593. The lowest BCUT2D eigenvalue weighted by Crippen LogP contribution is -1.97. The third-order valence-corrected chi connectivity index (χ3v) is 6.83. The molecular formula is C23H23N5S2. The van der Waals surface area contributed by atoms with Gasteiger partial charge < -0.3 is 16.0 Å². The zero-order valence-electron chi connectivity index (χ0n) is 16.8. The van der Waals surface area contributed by atoms with Crippen LogP contribution in [0.1, 0.15) is 26.2 Å². The van der Waals surface area contributed by atoms with Crippen molar-refractivity contribution in [3.05, 3.63) is 47.2 Å². The first-order valence-electron chi connectivity index (χ1n) is 10.1. The Morgan fingerprint density at radius 1 is 0.800 bits per heavy atom. The number of thiazole rings is 2. The number of nitrogen functional groups attached to an aromatic ring is 2. The fourth-order valence-corrected chi connectivity index (χ4v) is 5.17. The lowest BCUT2D eigenvalue weighted by molar-refractivity contribution is 0.627. The number of nitrogens with two attached hydrogens (primary N) is 2. The minimum absolute atomic E-state index is 0.593. The number of benzene rings is 2. The summed E-state index contributed by atoms with van der Waals surface area (Å²) in [7, 11) is 0. The van der Waals surface area contributed by atoms with Gasteiger partial charge in [-0.3, -0.25) is 0 Å². The van der Waals surface area contributed by atoms with Crippen LogP contribution in [0.5, 0.6) is 0 Å². The van der Waals surface area contributed by atoms with Gasteiger partial charge in [-0.15, -0.1) is 22.7 Å². The second-order valence-electron chi connectivity index (χ2n) is 7.46. The molecule has 5 rings (SSSR count). The first kappa shape index (κ1) is 19.1. The van der Waals surface area contributed by atoms with Crippen LogP contribution in [0.15, 0.2) is 47.2 Å². The third kappa shape index (κ3) is 3.34. The topological polar surface area (TPSA) is 82.8 Å². The molecular weight excluding hydrogens is 410 g/mol. The first-order valence-corrected chi connectivity index (χ1v) is 11.9. The van der Waals surface area contributed by atoms with Gasteiger partial charge in [-0.05, 0) is 30.7 Å². The molecule has 0 spiro atoms. The van der Waals surface area contributed by atoms with Gasteiger partial charge in [0.2, 0.25) is 0 Å². The number of fused-ring (bicyclic) bond motifs is 3. The highest BCUT2D eigenvalue weighted by Gasteiger charge is 2.14. The summed E-state index contributed by atoms with van der Waals surface area (Å²) in [5, 5.41) is 7.68. The van der Waals surface area contributed by atoms with Gasteiger partial charge in [-0.25, -0.2) is 9.97 Å². The number of hydrogen-bond donors (Lipinski definition) is 2. The molecule has 0 fully saturated rings. The maximum absolute atomic E-state index is 5.86. The van der Waals surface area contributed by atoms with Crippen molar-refractivity contribution in [2.75, 3.05) is 11.5 Å². The van der Waals surface area contributed by atoms with Crippen LogP contribution < -0.4 is 11.5 Å². The molecule has 4 N–H and O–H groups in total. The van der Waals surface area contributed by atoms with E-state index in [1.54, 1.807) is 0 Å². The average molecular weight is 434 g/mol. The van der Waals surface area contributed by atoms with Gasteiger partial charge in [0.05, 0.1) is 11.4 Å². The van der Waals surface area contributed by atoms with Gasteiger partial charge in [0.1, 0.15) is 0 Å². The Kier molecular flexibility index (Phi) is 4.92. The van der Waals surface area contributed by atoms with Crippen LogP contribution in [0.25, 0.3) is 44.3 Å². The van der Waals surface area contributed by atoms with Crippen molar-refractivity contribution >= 4 is 54.7 Å². The summed E-state index contributed by atoms with van der Waals surface area (Å²) in [6.07, 6.45) is 3.61. The van der Waals surface area contributed by atoms with Crippen molar-refractivity contribution in [2.45, 2.75) is 32.7 Å². The standard InChI is InChI=1S/C23H23N5S2/c1-2-3-4-9-28-20-7-5-14(18-12-29-22(24)26-18)10-16(20)17-11-15(6-8-21(17)28)19-13-30-23(25)27-19/h5-8,10-13H,2-4,9H2,1H3,(H2,24,26)(H2,25,27). The molecule has 0 aliphatic heterocycles. The van der Waals surface area contributed by atoms with E-state index in [0.29, 0.717) is 10.3 Å². The molecule has 3 aromatic heterocycles. The van der Waals surface area contributed by atoms with E-state index in [9.17, 15) is 0 Å². The normalized spacial score (nSPS) is 11.6. The third-order valence-electron chi connectivity index (χ3n) is 5.49. The predicted molar refractivity (Wildman–Crippen MR) is 130 cm³/mol. The summed E-state index contributed by atoms with van der Waals surface area (Å²) in [4.78, 5) is 8.94. The smallest absolute Gasteiger partial charge is 0.180 e. The second kappa shape index (κ2) is 7.74. The highest BCUT2D eigenvalue weighted by atomic mass is 32.1. The van der Waals surface area contributed by atoms with Crippen molar-refractivity contribution in [1.82, 2.24) is 14.5 Å². The quantitative estimate of drug-likeness (QED) is 0.304. The van der Waals surface area contributed by atoms with E-state index >= 15 is 0 Å². The van der Waals surface area contributed by atoms with Crippen molar-refractivity contribution in [3.63, 3.8) is 0 Å². The molecule has 0 amide bonds. The second-order valence-corrected chi connectivity index (χ2v) is 9.24. The zero-order valence-corrected chi connectivity index (χ0v) is 18.4. The molecule has 0 unspecified atom stereocenters. The molecule has 5 aromatic rings. The Balaban J connectivity index is 1.71. The van der Waals surface area contributed by atoms with Gasteiger partial charge in [-0.1, -0.05) is 31.9 Å². The van der Waals surface area contributed by atoms with E-state index in [1.807, 2.05) is 10.8 Å². The molecule has 152 valence electrons. The fraction of sp³-hybridized carbons (Fsp3) is 0.217. The van der Waals surface area contributed by atoms with Crippen molar-refractivity contribution in [3.8, 4) is 22.5 Å². The highest BCUT2D eigenvalue weighted by molar-refractivity contribution is 7.14. The number of rotatable bonds is 6. The number of unbranched alkanes of at least 4 members (excludes halogenated alkanes) is 2. The molecule has 3 heterocycles. The molecule has 0 saturated carbocycles. The molecule has 2 aromatic carbocycles. The van der Waals surface area contributed by atoms with Crippen molar-refractivity contribution in [2.24, 2.45) is 0 Å². The van der Waals surface area contributed by atoms with E-state index < -0.39 is 0 Å². The molecule has 5 nitrogen and oxygen atoms in total. The monoisotopic (exact) mass is 433 g/mol. The van der Waals surface area contributed by atoms with E-state index in [-0.39, 0.29) is 0 Å². The summed E-state index contributed by atoms with van der Waals surface area (Å²) < 4.78 is 2.44. The fourth-order valence-electron chi connectivity index (χ4n) is 4.02. The number of hydrogen-bond acceptors (Lipinski definition) is 6. The van der Waals surface area contributed by atoms with Gasteiger partial charge >= 0.3 is 0 Å². The van der Waals surface area contributed by atoms with Gasteiger partial charge in [0, 0.05) is 50.2 Å². The van der Waals surface area contributed by atoms with E-state index in [2.05, 4.69) is 57.9 Å². The maximum Gasteiger partial charge on any atom is 0.180 e. The van der Waals surface area contributed by atoms with Crippen LogP contribution in [-0.2, 0) is 6.54 Å². The van der Waals surface area contributed by atoms with Crippen LogP contribution in [0.4, 0.5) is 10.3 Å². The lowest BCUT2D eigenvalue weighted by Gasteiger charge is -2.07. The van der Waals surface area contributed by atoms with Crippen molar-refractivity contribution < 1.29 is 0 Å². The molecule has 0 aliphatic rings. The van der Waals surface area contributed by atoms with Gasteiger partial charge in [0.15, 0.2) is 10.3 Å². The molecule has 0 saturated heterocycles.